The largest absolute Gasteiger partial charge is 1.00 e. The van der Waals surface area contributed by atoms with Crippen LogP contribution in [0.4, 0.5) is 0 Å². The molecule has 0 aliphatic heterocycles. The highest BCUT2D eigenvalue weighted by Crippen LogP contribution is 2.37. The SMILES string of the molecule is PBr.[Br-].[NH3+]CC(c1ccccc1)(c1ccccc1)c1ccccc1. The zero-order valence-corrected chi connectivity index (χ0v) is 17.7. The maximum atomic E-state index is 4.29. The molecule has 126 valence electrons. The molecule has 0 saturated carbocycles. The highest BCUT2D eigenvalue weighted by molar-refractivity contribution is 9.34. The Hall–Kier alpha value is -0.990. The molecule has 3 rings (SSSR count). The number of hydrogen-bond donors (Lipinski definition) is 1. The number of hydrogen-bond acceptors (Lipinski definition) is 0. The molecule has 0 aromatic heterocycles. The topological polar surface area (TPSA) is 27.6 Å². The third-order valence-electron chi connectivity index (χ3n) is 4.17. The molecule has 1 unspecified atom stereocenters. The number of benzene rings is 3. The lowest BCUT2D eigenvalue weighted by Crippen LogP contribution is -3.00. The van der Waals surface area contributed by atoms with E-state index in [1.165, 1.54) is 16.7 Å². The lowest BCUT2D eigenvalue weighted by atomic mass is 9.69. The molecule has 0 aliphatic rings. The van der Waals surface area contributed by atoms with Crippen molar-refractivity contribution in [3.63, 3.8) is 0 Å². The Morgan fingerprint density at radius 1 is 0.625 bits per heavy atom. The summed E-state index contributed by atoms with van der Waals surface area (Å²) in [6, 6.07) is 32.0. The van der Waals surface area contributed by atoms with Gasteiger partial charge in [-0.15, -0.1) is 0 Å². The van der Waals surface area contributed by atoms with E-state index in [0.717, 1.165) is 6.54 Å². The summed E-state index contributed by atoms with van der Waals surface area (Å²) in [5.74, 6) is 0. The Morgan fingerprint density at radius 3 is 1.08 bits per heavy atom. The van der Waals surface area contributed by atoms with Crippen molar-refractivity contribution in [2.24, 2.45) is 0 Å². The summed E-state index contributed by atoms with van der Waals surface area (Å²) in [7, 11) is 2.23. The Labute approximate surface area is 165 Å². The first kappa shape index (κ1) is 21.1. The zero-order chi connectivity index (χ0) is 16.5. The second-order valence-electron chi connectivity index (χ2n) is 5.25. The first-order chi connectivity index (χ1) is 11.4. The van der Waals surface area contributed by atoms with Crippen molar-refractivity contribution in [2.75, 3.05) is 6.54 Å². The molecular formula is C20H22Br2NP. The summed E-state index contributed by atoms with van der Waals surface area (Å²) in [5.41, 5.74) is 7.96. The van der Waals surface area contributed by atoms with Crippen LogP contribution in [0.25, 0.3) is 0 Å². The van der Waals surface area contributed by atoms with Gasteiger partial charge in [0.05, 0.1) is 12.0 Å². The second kappa shape index (κ2) is 10.8. The zero-order valence-electron chi connectivity index (χ0n) is 13.4. The first-order valence-corrected chi connectivity index (χ1v) is 10.7. The van der Waals surface area contributed by atoms with Gasteiger partial charge in [-0.05, 0) is 16.7 Å². The summed E-state index contributed by atoms with van der Waals surface area (Å²) in [6.45, 7) is 0.783. The van der Waals surface area contributed by atoms with E-state index in [9.17, 15) is 0 Å². The smallest absolute Gasteiger partial charge is 0.0940 e. The van der Waals surface area contributed by atoms with E-state index in [1.54, 1.807) is 0 Å². The molecule has 0 radical (unpaired) electrons. The average Bonchev–Trinajstić information content (AvgIpc) is 2.67. The van der Waals surface area contributed by atoms with Crippen LogP contribution in [0.2, 0.25) is 0 Å². The summed E-state index contributed by atoms with van der Waals surface area (Å²) >= 11 is 2.85. The molecule has 0 fully saturated rings. The van der Waals surface area contributed by atoms with E-state index in [0.29, 0.717) is 0 Å². The van der Waals surface area contributed by atoms with Crippen molar-refractivity contribution in [3.8, 4) is 0 Å². The molecule has 0 amide bonds. The van der Waals surface area contributed by atoms with Gasteiger partial charge in [0, 0.05) is 0 Å². The van der Waals surface area contributed by atoms with Gasteiger partial charge in [-0.1, -0.05) is 114 Å². The van der Waals surface area contributed by atoms with Gasteiger partial charge in [0.15, 0.2) is 0 Å². The van der Waals surface area contributed by atoms with E-state index in [2.05, 4.69) is 120 Å². The lowest BCUT2D eigenvalue weighted by molar-refractivity contribution is -0.377. The highest BCUT2D eigenvalue weighted by atomic mass is 79.9. The van der Waals surface area contributed by atoms with Crippen molar-refractivity contribution in [3.05, 3.63) is 108 Å². The third kappa shape index (κ3) is 4.34. The Kier molecular flexibility index (Phi) is 9.46. The molecule has 0 aliphatic carbocycles. The maximum absolute atomic E-state index is 4.29. The van der Waals surface area contributed by atoms with E-state index < -0.39 is 0 Å². The van der Waals surface area contributed by atoms with Gasteiger partial charge in [-0.3, -0.25) is 0 Å². The maximum Gasteiger partial charge on any atom is 0.0940 e. The monoisotopic (exact) mass is 465 g/mol. The van der Waals surface area contributed by atoms with Gasteiger partial charge in [0.1, 0.15) is 0 Å². The third-order valence-corrected chi connectivity index (χ3v) is 4.17. The first-order valence-electron chi connectivity index (χ1n) is 7.55. The van der Waals surface area contributed by atoms with Crippen LogP contribution in [0.5, 0.6) is 0 Å². The van der Waals surface area contributed by atoms with Crippen LogP contribution < -0.4 is 22.7 Å². The van der Waals surface area contributed by atoms with Gasteiger partial charge in [-0.25, -0.2) is 0 Å². The van der Waals surface area contributed by atoms with Gasteiger partial charge >= 0.3 is 0 Å². The molecule has 24 heavy (non-hydrogen) atoms. The molecule has 3 aromatic carbocycles. The molecule has 4 heteroatoms. The predicted molar refractivity (Wildman–Crippen MR) is 106 cm³/mol. The molecule has 0 bridgehead atoms. The van der Waals surface area contributed by atoms with E-state index in [-0.39, 0.29) is 22.4 Å². The van der Waals surface area contributed by atoms with Crippen molar-refractivity contribution >= 4 is 23.4 Å². The minimum atomic E-state index is -0.191. The van der Waals surface area contributed by atoms with Crippen LogP contribution in [0.15, 0.2) is 91.0 Å². The summed E-state index contributed by atoms with van der Waals surface area (Å²) in [6.07, 6.45) is 0. The van der Waals surface area contributed by atoms with Crippen molar-refractivity contribution in [1.82, 2.24) is 0 Å². The van der Waals surface area contributed by atoms with Crippen molar-refractivity contribution in [1.29, 1.82) is 0 Å². The lowest BCUT2D eigenvalue weighted by Gasteiger charge is -2.32. The normalized spacial score (nSPS) is 10.1. The van der Waals surface area contributed by atoms with E-state index >= 15 is 0 Å². The highest BCUT2D eigenvalue weighted by Gasteiger charge is 2.36. The molecule has 3 aromatic rings. The quantitative estimate of drug-likeness (QED) is 0.445. The Balaban J connectivity index is 0.000000925. The van der Waals surface area contributed by atoms with Crippen LogP contribution >= 0.6 is 23.4 Å². The average molecular weight is 467 g/mol. The van der Waals surface area contributed by atoms with E-state index in [1.807, 2.05) is 0 Å². The molecule has 0 saturated heterocycles. The fourth-order valence-electron chi connectivity index (χ4n) is 3.10. The van der Waals surface area contributed by atoms with Gasteiger partial charge in [0.2, 0.25) is 0 Å². The summed E-state index contributed by atoms with van der Waals surface area (Å²) in [5, 5.41) is 0. The minimum Gasteiger partial charge on any atom is -1.00 e. The Bertz CT molecular complexity index is 594. The fourth-order valence-corrected chi connectivity index (χ4v) is 3.10. The summed E-state index contributed by atoms with van der Waals surface area (Å²) < 4.78 is 0. The summed E-state index contributed by atoms with van der Waals surface area (Å²) in [4.78, 5) is 0. The van der Waals surface area contributed by atoms with Crippen LogP contribution in [-0.4, -0.2) is 6.54 Å². The van der Waals surface area contributed by atoms with Gasteiger partial charge < -0.3 is 22.7 Å². The Morgan fingerprint density at radius 2 is 0.875 bits per heavy atom. The van der Waals surface area contributed by atoms with E-state index in [4.69, 9.17) is 0 Å². The van der Waals surface area contributed by atoms with Gasteiger partial charge in [0.25, 0.3) is 0 Å². The second-order valence-corrected chi connectivity index (χ2v) is 5.25. The number of quaternary nitrogens is 1. The molecule has 1 atom stereocenters. The molecule has 0 spiro atoms. The van der Waals surface area contributed by atoms with Crippen molar-refractivity contribution in [2.45, 2.75) is 5.41 Å². The van der Waals surface area contributed by atoms with Crippen LogP contribution in [0, 0.1) is 0 Å². The van der Waals surface area contributed by atoms with Crippen LogP contribution in [-0.2, 0) is 5.41 Å². The molecular weight excluding hydrogens is 445 g/mol. The fraction of sp³-hybridized carbons (Fsp3) is 0.100. The molecule has 1 nitrogen and oxygen atoms in total. The van der Waals surface area contributed by atoms with Crippen molar-refractivity contribution < 1.29 is 22.7 Å². The number of halogens is 2. The van der Waals surface area contributed by atoms with Crippen LogP contribution in [0.1, 0.15) is 16.7 Å². The standard InChI is InChI=1S/C20H19N.BrH2P.BrH/c21-16-20(17-10-4-1-5-11-17,18-12-6-2-7-13-18)19-14-8-3-9-15-19;1-2;/h1-15H,16,21H2;2H2;1H. The minimum absolute atomic E-state index is 0. The van der Waals surface area contributed by atoms with Gasteiger partial charge in [-0.2, -0.15) is 0 Å². The predicted octanol–water partition coefficient (Wildman–Crippen LogP) is 1.44. The molecule has 0 heterocycles. The number of rotatable bonds is 4. The van der Waals surface area contributed by atoms with Crippen LogP contribution in [0.3, 0.4) is 0 Å². The molecule has 3 N–H and O–H groups in total.